The molecule has 24 heavy (non-hydrogen) atoms. The van der Waals surface area contributed by atoms with Crippen LogP contribution >= 0.6 is 0 Å². The van der Waals surface area contributed by atoms with Gasteiger partial charge in [-0.1, -0.05) is 0 Å². The Balaban J connectivity index is 1.51. The molecule has 0 saturated heterocycles. The molecule has 2 N–H and O–H groups in total. The molecule has 0 amide bonds. The summed E-state index contributed by atoms with van der Waals surface area (Å²) in [5.41, 5.74) is -0.151. The highest BCUT2D eigenvalue weighted by Crippen LogP contribution is 2.35. The van der Waals surface area contributed by atoms with E-state index in [-0.39, 0.29) is 31.4 Å². The number of nitrogens with zero attached hydrogens (tertiary/aromatic N) is 2. The minimum Gasteiger partial charge on any atom is -0.491 e. The van der Waals surface area contributed by atoms with Gasteiger partial charge in [0.2, 0.25) is 12.6 Å². The number of benzene rings is 1. The number of nitrogens with one attached hydrogen (secondary N) is 1. The molecule has 0 spiro atoms. The maximum Gasteiger partial charge on any atom is 0.311 e. The highest BCUT2D eigenvalue weighted by atomic mass is 16.7. The third kappa shape index (κ3) is 3.63. The van der Waals surface area contributed by atoms with E-state index in [9.17, 15) is 15.2 Å². The number of anilines is 1. The van der Waals surface area contributed by atoms with E-state index < -0.39 is 11.0 Å². The first-order chi connectivity index (χ1) is 11.6. The normalized spacial score (nSPS) is 13.4. The van der Waals surface area contributed by atoms with Gasteiger partial charge in [0.1, 0.15) is 18.5 Å². The van der Waals surface area contributed by atoms with E-state index in [1.54, 1.807) is 18.2 Å². The van der Waals surface area contributed by atoms with Crippen molar-refractivity contribution in [1.82, 2.24) is 4.98 Å². The summed E-state index contributed by atoms with van der Waals surface area (Å²) in [6.07, 6.45) is 0.558. The molecule has 0 radical (unpaired) electrons. The first kappa shape index (κ1) is 15.8. The molecule has 1 aromatic carbocycles. The van der Waals surface area contributed by atoms with Crippen molar-refractivity contribution < 1.29 is 24.2 Å². The molecular formula is C15H15N3O6. The van der Waals surface area contributed by atoms with Gasteiger partial charge in [0, 0.05) is 24.9 Å². The maximum absolute atomic E-state index is 10.9. The van der Waals surface area contributed by atoms with Gasteiger partial charge in [-0.25, -0.2) is 4.98 Å². The molecule has 2 heterocycles. The summed E-state index contributed by atoms with van der Waals surface area (Å²) in [6, 6.07) is 7.91. The predicted octanol–water partition coefficient (Wildman–Crippen LogP) is 1.57. The van der Waals surface area contributed by atoms with Crippen LogP contribution in [0.1, 0.15) is 0 Å². The zero-order valence-corrected chi connectivity index (χ0v) is 12.5. The van der Waals surface area contributed by atoms with Crippen LogP contribution in [0.5, 0.6) is 17.2 Å². The van der Waals surface area contributed by atoms with Gasteiger partial charge in [0.25, 0.3) is 0 Å². The average Bonchev–Trinajstić information content (AvgIpc) is 3.06. The molecule has 1 aliphatic rings. The smallest absolute Gasteiger partial charge is 0.311 e. The largest absolute Gasteiger partial charge is 0.491 e. The number of hydrogen-bond donors (Lipinski definition) is 2. The van der Waals surface area contributed by atoms with Crippen LogP contribution in [0, 0.1) is 10.1 Å². The Labute approximate surface area is 136 Å². The molecule has 0 unspecified atom stereocenters. The Hall–Kier alpha value is -3.07. The maximum atomic E-state index is 10.9. The SMILES string of the molecule is O=[N+]([O-])c1cccnc1NC[C@H](O)COc1ccc2c(c1)OCO2. The van der Waals surface area contributed by atoms with Crippen LogP contribution in [0.2, 0.25) is 0 Å². The molecule has 0 fully saturated rings. The van der Waals surface area contributed by atoms with Crippen LogP contribution in [0.3, 0.4) is 0 Å². The quantitative estimate of drug-likeness (QED) is 0.579. The monoisotopic (exact) mass is 333 g/mol. The van der Waals surface area contributed by atoms with Crippen LogP contribution in [0.15, 0.2) is 36.5 Å². The second kappa shape index (κ2) is 7.01. The van der Waals surface area contributed by atoms with E-state index in [1.165, 1.54) is 18.3 Å². The number of rotatable bonds is 7. The number of ether oxygens (including phenoxy) is 3. The predicted molar refractivity (Wildman–Crippen MR) is 83.4 cm³/mol. The summed E-state index contributed by atoms with van der Waals surface area (Å²) in [5, 5.41) is 23.6. The van der Waals surface area contributed by atoms with Crippen LogP contribution in [0.25, 0.3) is 0 Å². The van der Waals surface area contributed by atoms with E-state index in [0.717, 1.165) is 0 Å². The highest BCUT2D eigenvalue weighted by molar-refractivity contribution is 5.55. The third-order valence-electron chi connectivity index (χ3n) is 3.27. The first-order valence-corrected chi connectivity index (χ1v) is 7.17. The fourth-order valence-electron chi connectivity index (χ4n) is 2.11. The molecule has 9 nitrogen and oxygen atoms in total. The molecule has 1 aliphatic heterocycles. The van der Waals surface area contributed by atoms with Gasteiger partial charge >= 0.3 is 5.69 Å². The minimum absolute atomic E-state index is 0.00722. The Morgan fingerprint density at radius 1 is 1.38 bits per heavy atom. The second-order valence-corrected chi connectivity index (χ2v) is 4.99. The standard InChI is InChI=1S/C15H15N3O6/c19-10(7-17-15-12(18(20)21)2-1-5-16-15)8-22-11-3-4-13-14(6-11)24-9-23-13/h1-6,10,19H,7-9H2,(H,16,17)/t10-/m0/s1. The number of aromatic nitrogens is 1. The first-order valence-electron chi connectivity index (χ1n) is 7.17. The van der Waals surface area contributed by atoms with Crippen molar-refractivity contribution in [2.24, 2.45) is 0 Å². The van der Waals surface area contributed by atoms with Crippen LogP contribution in [-0.4, -0.2) is 41.1 Å². The fourth-order valence-corrected chi connectivity index (χ4v) is 2.11. The third-order valence-corrected chi connectivity index (χ3v) is 3.27. The van der Waals surface area contributed by atoms with Crippen molar-refractivity contribution in [2.75, 3.05) is 25.3 Å². The second-order valence-electron chi connectivity index (χ2n) is 4.99. The fraction of sp³-hybridized carbons (Fsp3) is 0.267. The summed E-state index contributed by atoms with van der Waals surface area (Å²) in [4.78, 5) is 14.2. The number of aliphatic hydroxyl groups excluding tert-OH is 1. The molecule has 0 aliphatic carbocycles. The Morgan fingerprint density at radius 2 is 2.21 bits per heavy atom. The van der Waals surface area contributed by atoms with E-state index in [4.69, 9.17) is 14.2 Å². The van der Waals surface area contributed by atoms with Crippen molar-refractivity contribution in [3.63, 3.8) is 0 Å². The van der Waals surface area contributed by atoms with Gasteiger partial charge in [-0.15, -0.1) is 0 Å². The van der Waals surface area contributed by atoms with Gasteiger partial charge in [0.15, 0.2) is 11.5 Å². The number of hydrogen-bond acceptors (Lipinski definition) is 8. The number of nitro groups is 1. The molecule has 3 rings (SSSR count). The summed E-state index contributed by atoms with van der Waals surface area (Å²) in [6.45, 7) is 0.240. The molecule has 0 saturated carbocycles. The number of aliphatic hydroxyl groups is 1. The van der Waals surface area contributed by atoms with Gasteiger partial charge in [0.05, 0.1) is 4.92 Å². The average molecular weight is 333 g/mol. The Kier molecular flexibility index (Phi) is 4.62. The van der Waals surface area contributed by atoms with E-state index in [2.05, 4.69) is 10.3 Å². The zero-order valence-electron chi connectivity index (χ0n) is 12.5. The lowest BCUT2D eigenvalue weighted by molar-refractivity contribution is -0.384. The highest BCUT2D eigenvalue weighted by Gasteiger charge is 2.16. The lowest BCUT2D eigenvalue weighted by Crippen LogP contribution is -2.26. The summed E-state index contributed by atoms with van der Waals surface area (Å²) in [7, 11) is 0. The van der Waals surface area contributed by atoms with Gasteiger partial charge in [-0.2, -0.15) is 0 Å². The van der Waals surface area contributed by atoms with Crippen molar-refractivity contribution in [1.29, 1.82) is 0 Å². The summed E-state index contributed by atoms with van der Waals surface area (Å²) < 4.78 is 15.9. The minimum atomic E-state index is -0.878. The van der Waals surface area contributed by atoms with Gasteiger partial charge < -0.3 is 24.6 Å². The summed E-state index contributed by atoms with van der Waals surface area (Å²) in [5.74, 6) is 1.86. The number of pyridine rings is 1. The molecule has 1 atom stereocenters. The van der Waals surface area contributed by atoms with Crippen molar-refractivity contribution in [3.8, 4) is 17.2 Å². The molecule has 1 aromatic heterocycles. The van der Waals surface area contributed by atoms with Crippen molar-refractivity contribution in [3.05, 3.63) is 46.6 Å². The van der Waals surface area contributed by atoms with Crippen LogP contribution in [-0.2, 0) is 0 Å². The molecule has 126 valence electrons. The Bertz CT molecular complexity index is 739. The lowest BCUT2D eigenvalue weighted by atomic mass is 10.3. The zero-order chi connectivity index (χ0) is 16.9. The van der Waals surface area contributed by atoms with E-state index >= 15 is 0 Å². The van der Waals surface area contributed by atoms with Crippen molar-refractivity contribution >= 4 is 11.5 Å². The van der Waals surface area contributed by atoms with E-state index in [0.29, 0.717) is 17.2 Å². The van der Waals surface area contributed by atoms with Gasteiger partial charge in [-0.05, 0) is 18.2 Å². The Morgan fingerprint density at radius 3 is 3.04 bits per heavy atom. The van der Waals surface area contributed by atoms with Crippen molar-refractivity contribution in [2.45, 2.75) is 6.10 Å². The molecule has 9 heteroatoms. The van der Waals surface area contributed by atoms with E-state index in [1.807, 2.05) is 0 Å². The molecular weight excluding hydrogens is 318 g/mol. The van der Waals surface area contributed by atoms with Crippen LogP contribution in [0.4, 0.5) is 11.5 Å². The van der Waals surface area contributed by atoms with Crippen LogP contribution < -0.4 is 19.5 Å². The lowest BCUT2D eigenvalue weighted by Gasteiger charge is -2.13. The molecule has 2 aromatic rings. The molecule has 0 bridgehead atoms. The topological polar surface area (TPSA) is 116 Å². The van der Waals surface area contributed by atoms with Gasteiger partial charge in [-0.3, -0.25) is 10.1 Å². The number of fused-ring (bicyclic) bond motifs is 1. The summed E-state index contributed by atoms with van der Waals surface area (Å²) >= 11 is 0.